The zero-order valence-electron chi connectivity index (χ0n) is 20.7. The molecule has 1 aliphatic heterocycles. The van der Waals surface area contributed by atoms with Gasteiger partial charge in [-0.2, -0.15) is 0 Å². The Kier molecular flexibility index (Phi) is 6.27. The number of hydrogen-bond donors (Lipinski definition) is 2. The molecule has 5 heteroatoms. The highest BCUT2D eigenvalue weighted by molar-refractivity contribution is 5.91. The second-order valence-corrected chi connectivity index (χ2v) is 11.1. The summed E-state index contributed by atoms with van der Waals surface area (Å²) in [5, 5.41) is 23.4. The van der Waals surface area contributed by atoms with Crippen LogP contribution in [0.15, 0.2) is 66.3 Å². The van der Waals surface area contributed by atoms with Crippen LogP contribution < -0.4 is 4.74 Å². The van der Waals surface area contributed by atoms with E-state index >= 15 is 0 Å². The Morgan fingerprint density at radius 2 is 1.94 bits per heavy atom. The average Bonchev–Trinajstić information content (AvgIpc) is 3.29. The number of fused-ring (bicyclic) bond motifs is 2. The second-order valence-electron chi connectivity index (χ2n) is 11.1. The minimum absolute atomic E-state index is 0.0396. The molecule has 1 heterocycles. The molecule has 35 heavy (non-hydrogen) atoms. The first-order valence-electron chi connectivity index (χ1n) is 12.8. The van der Waals surface area contributed by atoms with Gasteiger partial charge in [0.05, 0.1) is 18.3 Å². The highest BCUT2D eigenvalue weighted by Gasteiger charge is 2.58. The molecule has 2 fully saturated rings. The van der Waals surface area contributed by atoms with Crippen LogP contribution in [0, 0.1) is 22.7 Å². The standard InChI is InChI=1S/C30H36O5/c1-19-8-11-26-29(2,14-12-27(32)30(26,3)18-31)24(19)17-25(23-13-15-34-28(23)33)35-22-10-9-20-6-4-5-7-21(20)16-22/h4-7,9-10,13,16,24-27,31-32H,1,8,11-12,14-15,17-18H2,2-3H3/t24-,25?,26+,27-,29+,30+/m1/s1. The average molecular weight is 477 g/mol. The van der Waals surface area contributed by atoms with Crippen LogP contribution >= 0.6 is 0 Å². The Balaban J connectivity index is 1.48. The van der Waals surface area contributed by atoms with Crippen LogP contribution in [-0.2, 0) is 9.53 Å². The van der Waals surface area contributed by atoms with Gasteiger partial charge in [-0.1, -0.05) is 56.3 Å². The van der Waals surface area contributed by atoms with Crippen molar-refractivity contribution in [2.75, 3.05) is 13.2 Å². The third-order valence-electron chi connectivity index (χ3n) is 9.24. The van der Waals surface area contributed by atoms with Crippen molar-refractivity contribution in [1.29, 1.82) is 0 Å². The molecule has 2 aromatic rings. The predicted molar refractivity (Wildman–Crippen MR) is 136 cm³/mol. The Hall–Kier alpha value is -2.63. The maximum Gasteiger partial charge on any atom is 0.337 e. The monoisotopic (exact) mass is 476 g/mol. The number of cyclic esters (lactones) is 1. The number of benzene rings is 2. The van der Waals surface area contributed by atoms with Gasteiger partial charge in [-0.25, -0.2) is 4.79 Å². The molecule has 0 amide bonds. The van der Waals surface area contributed by atoms with Crippen LogP contribution in [0.1, 0.15) is 46.0 Å². The van der Waals surface area contributed by atoms with Gasteiger partial charge in [0.15, 0.2) is 0 Å². The number of ether oxygens (including phenoxy) is 2. The molecule has 0 saturated heterocycles. The molecule has 2 aromatic carbocycles. The van der Waals surface area contributed by atoms with Crippen molar-refractivity contribution >= 4 is 16.7 Å². The van der Waals surface area contributed by atoms with Gasteiger partial charge >= 0.3 is 5.97 Å². The first-order valence-corrected chi connectivity index (χ1v) is 12.8. The quantitative estimate of drug-likeness (QED) is 0.443. The maximum atomic E-state index is 12.6. The smallest absolute Gasteiger partial charge is 0.337 e. The van der Waals surface area contributed by atoms with Gasteiger partial charge in [-0.3, -0.25) is 0 Å². The number of allylic oxidation sites excluding steroid dienone is 1. The molecule has 2 aliphatic carbocycles. The first-order chi connectivity index (χ1) is 16.8. The number of rotatable bonds is 6. The van der Waals surface area contributed by atoms with Crippen molar-refractivity contribution in [3.63, 3.8) is 0 Å². The lowest BCUT2D eigenvalue weighted by Gasteiger charge is -2.60. The summed E-state index contributed by atoms with van der Waals surface area (Å²) in [7, 11) is 0. The molecule has 5 nitrogen and oxygen atoms in total. The van der Waals surface area contributed by atoms with Crippen LogP contribution in [0.3, 0.4) is 0 Å². The fourth-order valence-corrected chi connectivity index (χ4v) is 7.13. The van der Waals surface area contributed by atoms with Crippen molar-refractivity contribution < 1.29 is 24.5 Å². The summed E-state index contributed by atoms with van der Waals surface area (Å²) in [4.78, 5) is 12.6. The largest absolute Gasteiger partial charge is 0.485 e. The summed E-state index contributed by atoms with van der Waals surface area (Å²) < 4.78 is 11.8. The number of esters is 1. The summed E-state index contributed by atoms with van der Waals surface area (Å²) in [5.41, 5.74) is 1.03. The molecule has 0 spiro atoms. The highest BCUT2D eigenvalue weighted by atomic mass is 16.5. The number of aliphatic hydroxyl groups excluding tert-OH is 2. The van der Waals surface area contributed by atoms with Crippen molar-refractivity contribution in [1.82, 2.24) is 0 Å². The van der Waals surface area contributed by atoms with E-state index in [0.717, 1.165) is 35.8 Å². The molecule has 2 N–H and O–H groups in total. The molecule has 5 rings (SSSR count). The van der Waals surface area contributed by atoms with E-state index in [2.05, 4.69) is 25.6 Å². The zero-order valence-corrected chi connectivity index (χ0v) is 20.7. The van der Waals surface area contributed by atoms with Crippen molar-refractivity contribution in [2.24, 2.45) is 22.7 Å². The fraction of sp³-hybridized carbons (Fsp3) is 0.500. The summed E-state index contributed by atoms with van der Waals surface area (Å²) in [6.07, 6.45) is 4.71. The van der Waals surface area contributed by atoms with E-state index in [-0.39, 0.29) is 36.4 Å². The molecule has 0 aromatic heterocycles. The Bertz CT molecular complexity index is 1170. The van der Waals surface area contributed by atoms with E-state index in [1.54, 1.807) is 0 Å². The van der Waals surface area contributed by atoms with Gasteiger partial charge in [-0.15, -0.1) is 0 Å². The molecule has 2 saturated carbocycles. The van der Waals surface area contributed by atoms with Gasteiger partial charge in [-0.05, 0) is 78.3 Å². The van der Waals surface area contributed by atoms with Gasteiger partial charge in [0, 0.05) is 5.41 Å². The van der Waals surface area contributed by atoms with Gasteiger partial charge in [0.1, 0.15) is 18.5 Å². The molecular weight excluding hydrogens is 440 g/mol. The summed E-state index contributed by atoms with van der Waals surface area (Å²) in [6.45, 7) is 8.98. The summed E-state index contributed by atoms with van der Waals surface area (Å²) >= 11 is 0. The Labute approximate surface area is 207 Å². The number of aliphatic hydroxyl groups is 2. The van der Waals surface area contributed by atoms with Crippen molar-refractivity contribution in [3.05, 3.63) is 66.3 Å². The van der Waals surface area contributed by atoms with E-state index in [1.807, 2.05) is 43.3 Å². The van der Waals surface area contributed by atoms with E-state index < -0.39 is 17.6 Å². The Morgan fingerprint density at radius 1 is 1.17 bits per heavy atom. The third kappa shape index (κ3) is 4.09. The molecule has 0 radical (unpaired) electrons. The molecular formula is C30H36O5. The first kappa shape index (κ1) is 24.1. The van der Waals surface area contributed by atoms with Crippen LogP contribution in [0.5, 0.6) is 5.75 Å². The molecule has 186 valence electrons. The number of carbonyl (C=O) groups is 1. The number of carbonyl (C=O) groups excluding carboxylic acids is 1. The van der Waals surface area contributed by atoms with Crippen LogP contribution in [0.25, 0.3) is 10.8 Å². The van der Waals surface area contributed by atoms with E-state index in [1.165, 1.54) is 5.57 Å². The fourth-order valence-electron chi connectivity index (χ4n) is 7.13. The Morgan fingerprint density at radius 3 is 2.66 bits per heavy atom. The SMILES string of the molecule is C=C1CC[C@@H]2[C@](C)(CO)[C@H](O)CC[C@@]2(C)[C@@H]1CC(Oc1ccc2ccccc2c1)C1=CCOC1=O. The lowest BCUT2D eigenvalue weighted by Crippen LogP contribution is -2.57. The van der Waals surface area contributed by atoms with Crippen LogP contribution in [0.2, 0.25) is 0 Å². The third-order valence-corrected chi connectivity index (χ3v) is 9.24. The van der Waals surface area contributed by atoms with Crippen LogP contribution in [-0.4, -0.2) is 41.6 Å². The van der Waals surface area contributed by atoms with E-state index in [4.69, 9.17) is 9.47 Å². The highest BCUT2D eigenvalue weighted by Crippen LogP contribution is 2.62. The summed E-state index contributed by atoms with van der Waals surface area (Å²) in [6, 6.07) is 14.1. The van der Waals surface area contributed by atoms with Gasteiger partial charge in [0.2, 0.25) is 0 Å². The number of hydrogen-bond acceptors (Lipinski definition) is 5. The molecule has 6 atom stereocenters. The lowest BCUT2D eigenvalue weighted by atomic mass is 9.46. The van der Waals surface area contributed by atoms with Crippen molar-refractivity contribution in [2.45, 2.75) is 58.2 Å². The topological polar surface area (TPSA) is 76.0 Å². The minimum atomic E-state index is -0.549. The van der Waals surface area contributed by atoms with E-state index in [9.17, 15) is 15.0 Å². The van der Waals surface area contributed by atoms with Gasteiger partial charge in [0.25, 0.3) is 0 Å². The molecule has 3 aliphatic rings. The minimum Gasteiger partial charge on any atom is -0.485 e. The van der Waals surface area contributed by atoms with E-state index in [0.29, 0.717) is 18.4 Å². The van der Waals surface area contributed by atoms with Crippen LogP contribution in [0.4, 0.5) is 0 Å². The maximum absolute atomic E-state index is 12.6. The van der Waals surface area contributed by atoms with Crippen molar-refractivity contribution in [3.8, 4) is 5.75 Å². The molecule has 0 bridgehead atoms. The molecule has 1 unspecified atom stereocenters. The predicted octanol–water partition coefficient (Wildman–Crippen LogP) is 5.20. The normalized spacial score (nSPS) is 33.7. The summed E-state index contributed by atoms with van der Waals surface area (Å²) in [5.74, 6) is 0.652. The second kappa shape index (κ2) is 9.11. The van der Waals surface area contributed by atoms with Gasteiger partial charge < -0.3 is 19.7 Å². The lowest BCUT2D eigenvalue weighted by molar-refractivity contribution is -0.154. The zero-order chi connectivity index (χ0) is 24.8.